The SMILES string of the molecule is CNc1cc(Cl)c(Cl)cc1C.Cl. The summed E-state index contributed by atoms with van der Waals surface area (Å²) in [5, 5.41) is 4.21. The fourth-order valence-electron chi connectivity index (χ4n) is 0.916. The van der Waals surface area contributed by atoms with Crippen molar-refractivity contribution in [2.24, 2.45) is 0 Å². The molecule has 12 heavy (non-hydrogen) atoms. The Balaban J connectivity index is 0.00000121. The van der Waals surface area contributed by atoms with Crippen LogP contribution in [-0.2, 0) is 0 Å². The summed E-state index contributed by atoms with van der Waals surface area (Å²) in [5.74, 6) is 0. The highest BCUT2D eigenvalue weighted by atomic mass is 35.5. The van der Waals surface area contributed by atoms with E-state index in [2.05, 4.69) is 5.32 Å². The molecule has 1 N–H and O–H groups in total. The maximum absolute atomic E-state index is 5.79. The molecule has 0 bridgehead atoms. The largest absolute Gasteiger partial charge is 0.388 e. The van der Waals surface area contributed by atoms with Gasteiger partial charge in [-0.2, -0.15) is 0 Å². The van der Waals surface area contributed by atoms with E-state index in [0.717, 1.165) is 11.3 Å². The smallest absolute Gasteiger partial charge is 0.0613 e. The van der Waals surface area contributed by atoms with Gasteiger partial charge < -0.3 is 5.32 Å². The van der Waals surface area contributed by atoms with Crippen molar-refractivity contribution in [2.45, 2.75) is 6.92 Å². The number of hydrogen-bond acceptors (Lipinski definition) is 1. The van der Waals surface area contributed by atoms with Crippen LogP contribution >= 0.6 is 35.6 Å². The quantitative estimate of drug-likeness (QED) is 0.769. The van der Waals surface area contributed by atoms with E-state index < -0.39 is 0 Å². The molecule has 1 rings (SSSR count). The summed E-state index contributed by atoms with van der Waals surface area (Å²) in [6, 6.07) is 3.66. The van der Waals surface area contributed by atoms with Crippen molar-refractivity contribution < 1.29 is 0 Å². The summed E-state index contributed by atoms with van der Waals surface area (Å²) in [7, 11) is 1.85. The van der Waals surface area contributed by atoms with Gasteiger partial charge in [0, 0.05) is 12.7 Å². The van der Waals surface area contributed by atoms with Crippen LogP contribution in [0.15, 0.2) is 12.1 Å². The van der Waals surface area contributed by atoms with Crippen LogP contribution in [0.1, 0.15) is 5.56 Å². The van der Waals surface area contributed by atoms with Crippen LogP contribution in [0.25, 0.3) is 0 Å². The van der Waals surface area contributed by atoms with Gasteiger partial charge in [0.2, 0.25) is 0 Å². The van der Waals surface area contributed by atoms with E-state index >= 15 is 0 Å². The Morgan fingerprint density at radius 1 is 1.17 bits per heavy atom. The predicted octanol–water partition coefficient (Wildman–Crippen LogP) is 3.77. The van der Waals surface area contributed by atoms with Crippen LogP contribution < -0.4 is 5.32 Å². The molecule has 0 saturated carbocycles. The van der Waals surface area contributed by atoms with E-state index in [9.17, 15) is 0 Å². The van der Waals surface area contributed by atoms with E-state index in [4.69, 9.17) is 23.2 Å². The van der Waals surface area contributed by atoms with E-state index in [1.54, 1.807) is 0 Å². The molecule has 0 fully saturated rings. The molecule has 1 nitrogen and oxygen atoms in total. The molecule has 1 aromatic rings. The zero-order chi connectivity index (χ0) is 8.43. The number of halogens is 3. The number of aryl methyl sites for hydroxylation is 1. The van der Waals surface area contributed by atoms with Crippen LogP contribution in [0.2, 0.25) is 10.0 Å². The van der Waals surface area contributed by atoms with Gasteiger partial charge in [0.15, 0.2) is 0 Å². The highest BCUT2D eigenvalue weighted by Crippen LogP contribution is 2.27. The summed E-state index contributed by atoms with van der Waals surface area (Å²) >= 11 is 11.6. The number of benzene rings is 1. The molecule has 0 radical (unpaired) electrons. The zero-order valence-corrected chi connectivity index (χ0v) is 9.15. The van der Waals surface area contributed by atoms with E-state index in [1.807, 2.05) is 26.1 Å². The molecule has 0 amide bonds. The van der Waals surface area contributed by atoms with Gasteiger partial charge in [0.25, 0.3) is 0 Å². The van der Waals surface area contributed by atoms with E-state index in [-0.39, 0.29) is 12.4 Å². The summed E-state index contributed by atoms with van der Waals surface area (Å²) in [4.78, 5) is 0. The molecule has 0 aliphatic carbocycles. The minimum absolute atomic E-state index is 0. The first-order valence-electron chi connectivity index (χ1n) is 3.28. The average Bonchev–Trinajstić information content (AvgIpc) is 1.97. The molecule has 0 heterocycles. The Morgan fingerprint density at radius 2 is 1.67 bits per heavy atom. The summed E-state index contributed by atoms with van der Waals surface area (Å²) in [6.07, 6.45) is 0. The molecule has 0 atom stereocenters. The van der Waals surface area contributed by atoms with Crippen LogP contribution in [0, 0.1) is 6.92 Å². The summed E-state index contributed by atoms with van der Waals surface area (Å²) in [5.41, 5.74) is 2.11. The lowest BCUT2D eigenvalue weighted by Crippen LogP contribution is -1.91. The highest BCUT2D eigenvalue weighted by Gasteiger charge is 2.01. The van der Waals surface area contributed by atoms with Crippen LogP contribution in [0.5, 0.6) is 0 Å². The minimum atomic E-state index is 0. The van der Waals surface area contributed by atoms with Crippen molar-refractivity contribution in [2.75, 3.05) is 12.4 Å². The van der Waals surface area contributed by atoms with Gasteiger partial charge in [-0.15, -0.1) is 12.4 Å². The molecule has 0 aliphatic rings. The molecule has 4 heteroatoms. The van der Waals surface area contributed by atoms with Gasteiger partial charge in [-0.25, -0.2) is 0 Å². The number of nitrogens with one attached hydrogen (secondary N) is 1. The Bertz CT molecular complexity index is 273. The number of rotatable bonds is 1. The molecule has 0 aromatic heterocycles. The predicted molar refractivity (Wildman–Crippen MR) is 58.0 cm³/mol. The van der Waals surface area contributed by atoms with Crippen molar-refractivity contribution in [3.8, 4) is 0 Å². The summed E-state index contributed by atoms with van der Waals surface area (Å²) in [6.45, 7) is 1.98. The van der Waals surface area contributed by atoms with Crippen LogP contribution in [0.4, 0.5) is 5.69 Å². The number of hydrogen-bond donors (Lipinski definition) is 1. The molecule has 1 aromatic carbocycles. The topological polar surface area (TPSA) is 12.0 Å². The number of anilines is 1. The molecular formula is C8H10Cl3N. The van der Waals surface area contributed by atoms with Gasteiger partial charge in [-0.1, -0.05) is 23.2 Å². The second-order valence-electron chi connectivity index (χ2n) is 2.33. The average molecular weight is 227 g/mol. The van der Waals surface area contributed by atoms with Crippen molar-refractivity contribution in [3.05, 3.63) is 27.7 Å². The fraction of sp³-hybridized carbons (Fsp3) is 0.250. The first kappa shape index (κ1) is 11.9. The lowest BCUT2D eigenvalue weighted by molar-refractivity contribution is 1.41. The molecule has 0 unspecified atom stereocenters. The van der Waals surface area contributed by atoms with Gasteiger partial charge in [0.1, 0.15) is 0 Å². The maximum Gasteiger partial charge on any atom is 0.0613 e. The second kappa shape index (κ2) is 4.80. The molecule has 0 aliphatic heterocycles. The fourth-order valence-corrected chi connectivity index (χ4v) is 1.30. The van der Waals surface area contributed by atoms with E-state index in [1.165, 1.54) is 0 Å². The Labute approximate surface area is 88.5 Å². The minimum Gasteiger partial charge on any atom is -0.388 e. The molecule has 68 valence electrons. The van der Waals surface area contributed by atoms with Gasteiger partial charge in [0.05, 0.1) is 10.0 Å². The monoisotopic (exact) mass is 225 g/mol. The maximum atomic E-state index is 5.79. The van der Waals surface area contributed by atoms with E-state index in [0.29, 0.717) is 10.0 Å². The van der Waals surface area contributed by atoms with Gasteiger partial charge in [-0.05, 0) is 24.6 Å². The Hall–Kier alpha value is -0.110. The summed E-state index contributed by atoms with van der Waals surface area (Å²) < 4.78 is 0. The standard InChI is InChI=1S/C8H9Cl2N.ClH/c1-5-3-6(9)7(10)4-8(5)11-2;/h3-4,11H,1-2H3;1H. The molecule has 0 spiro atoms. The molecular weight excluding hydrogens is 216 g/mol. The zero-order valence-electron chi connectivity index (χ0n) is 6.82. The highest BCUT2D eigenvalue weighted by molar-refractivity contribution is 6.42. The lowest BCUT2D eigenvalue weighted by Gasteiger charge is -2.05. The molecule has 0 saturated heterocycles. The van der Waals surface area contributed by atoms with Crippen molar-refractivity contribution in [1.29, 1.82) is 0 Å². The Morgan fingerprint density at radius 3 is 2.17 bits per heavy atom. The van der Waals surface area contributed by atoms with Crippen molar-refractivity contribution in [1.82, 2.24) is 0 Å². The second-order valence-corrected chi connectivity index (χ2v) is 3.15. The van der Waals surface area contributed by atoms with Crippen LogP contribution in [0.3, 0.4) is 0 Å². The Kier molecular flexibility index (Phi) is 4.76. The normalized spacial score (nSPS) is 9.00. The third-order valence-corrected chi connectivity index (χ3v) is 2.26. The van der Waals surface area contributed by atoms with Crippen molar-refractivity contribution >= 4 is 41.3 Å². The van der Waals surface area contributed by atoms with Gasteiger partial charge >= 0.3 is 0 Å². The lowest BCUT2D eigenvalue weighted by atomic mass is 10.2. The van der Waals surface area contributed by atoms with Gasteiger partial charge in [-0.3, -0.25) is 0 Å². The third-order valence-electron chi connectivity index (χ3n) is 1.54. The first-order chi connectivity index (χ1) is 5.15. The third kappa shape index (κ3) is 2.44. The van der Waals surface area contributed by atoms with Crippen molar-refractivity contribution in [3.63, 3.8) is 0 Å². The first-order valence-corrected chi connectivity index (χ1v) is 4.04. The van der Waals surface area contributed by atoms with Crippen LogP contribution in [-0.4, -0.2) is 7.05 Å².